The van der Waals surface area contributed by atoms with Crippen LogP contribution in [-0.4, -0.2) is 47.4 Å². The minimum Gasteiger partial charge on any atom is -0.466 e. The number of carbonyl (C=O) groups is 2. The molecule has 1 amide bonds. The second-order valence-electron chi connectivity index (χ2n) is 17.1. The minimum atomic E-state index is -0.866. The number of ether oxygens (including phenoxy) is 1. The van der Waals surface area contributed by atoms with Gasteiger partial charge in [0, 0.05) is 12.8 Å². The number of hydrogen-bond acceptors (Lipinski definition) is 5. The van der Waals surface area contributed by atoms with Crippen LogP contribution in [0.3, 0.4) is 0 Å². The molecule has 3 N–H and O–H groups in total. The van der Waals surface area contributed by atoms with E-state index in [2.05, 4.69) is 43.5 Å². The minimum absolute atomic E-state index is 0.0475. The van der Waals surface area contributed by atoms with Crippen LogP contribution < -0.4 is 5.32 Å². The Labute approximate surface area is 360 Å². The molecule has 0 aromatic rings. The Balaban J connectivity index is 3.58. The van der Waals surface area contributed by atoms with Gasteiger partial charge in [0.2, 0.25) is 5.91 Å². The number of unbranched alkanes of at least 4 members (excludes halogenated alkanes) is 31. The number of carbonyl (C=O) groups excluding carboxylic acids is 2. The van der Waals surface area contributed by atoms with E-state index >= 15 is 0 Å². The van der Waals surface area contributed by atoms with Crippen LogP contribution in [0.1, 0.15) is 258 Å². The van der Waals surface area contributed by atoms with Crippen molar-refractivity contribution >= 4 is 11.9 Å². The van der Waals surface area contributed by atoms with Gasteiger partial charge in [-0.05, 0) is 83.5 Å². The second-order valence-corrected chi connectivity index (χ2v) is 17.1. The maximum Gasteiger partial charge on any atom is 0.305 e. The highest BCUT2D eigenvalue weighted by Gasteiger charge is 2.18. The number of aliphatic hydroxyl groups excluding tert-OH is 2. The fourth-order valence-corrected chi connectivity index (χ4v) is 7.44. The van der Waals surface area contributed by atoms with Crippen molar-refractivity contribution in [2.45, 2.75) is 270 Å². The summed E-state index contributed by atoms with van der Waals surface area (Å²) in [6.45, 7) is 4.80. The first kappa shape index (κ1) is 56.1. The Morgan fingerprint density at radius 2 is 0.810 bits per heavy atom. The van der Waals surface area contributed by atoms with Crippen LogP contribution >= 0.6 is 0 Å². The maximum absolute atomic E-state index is 12.4. The molecule has 0 aromatic heterocycles. The molecule has 0 aliphatic carbocycles. The lowest BCUT2D eigenvalue weighted by Crippen LogP contribution is -2.45. The fourth-order valence-electron chi connectivity index (χ4n) is 7.44. The van der Waals surface area contributed by atoms with Crippen LogP contribution in [0.5, 0.6) is 0 Å². The Kier molecular flexibility index (Phi) is 46.2. The largest absolute Gasteiger partial charge is 0.466 e. The van der Waals surface area contributed by atoms with Crippen molar-refractivity contribution in [2.75, 3.05) is 13.2 Å². The molecule has 0 fully saturated rings. The zero-order valence-corrected chi connectivity index (χ0v) is 38.5. The van der Waals surface area contributed by atoms with Crippen molar-refractivity contribution in [3.05, 3.63) is 36.5 Å². The Hall–Kier alpha value is -1.92. The normalized spacial score (nSPS) is 13.0. The number of nitrogens with one attached hydrogen (secondary N) is 1. The van der Waals surface area contributed by atoms with E-state index in [0.717, 1.165) is 77.0 Å². The summed E-state index contributed by atoms with van der Waals surface area (Å²) in [5, 5.41) is 23.0. The second kappa shape index (κ2) is 47.8. The van der Waals surface area contributed by atoms with Gasteiger partial charge >= 0.3 is 5.97 Å². The number of hydrogen-bond donors (Lipinski definition) is 3. The monoisotopic (exact) mass is 816 g/mol. The average Bonchev–Trinajstić information content (AvgIpc) is 3.22. The van der Waals surface area contributed by atoms with Crippen molar-refractivity contribution in [1.29, 1.82) is 0 Å². The third-order valence-electron chi connectivity index (χ3n) is 11.4. The lowest BCUT2D eigenvalue weighted by molar-refractivity contribution is -0.143. The standard InChI is InChI=1S/C52H97NO5/c1-3-5-7-9-11-13-15-17-19-20-21-22-24-28-32-36-40-44-50(55)49(48-54)53-51(56)45-41-37-33-29-26-27-31-35-39-43-47-58-52(57)46-42-38-34-30-25-23-18-16-14-12-10-8-6-4-2/h16,18,27,31,40,44,49-50,54-55H,3-15,17,19-26,28-30,32-39,41-43,45-48H2,1-2H3,(H,53,56)/b18-16-,31-27-,44-40+. The Morgan fingerprint density at radius 1 is 0.466 bits per heavy atom. The van der Waals surface area contributed by atoms with E-state index in [9.17, 15) is 19.8 Å². The smallest absolute Gasteiger partial charge is 0.305 e. The van der Waals surface area contributed by atoms with Crippen LogP contribution in [0.15, 0.2) is 36.5 Å². The molecule has 340 valence electrons. The highest BCUT2D eigenvalue weighted by Crippen LogP contribution is 2.15. The first-order chi connectivity index (χ1) is 28.5. The lowest BCUT2D eigenvalue weighted by Gasteiger charge is -2.20. The van der Waals surface area contributed by atoms with Crippen LogP contribution in [0.25, 0.3) is 0 Å². The molecule has 0 heterocycles. The number of esters is 1. The molecule has 0 spiro atoms. The summed E-state index contributed by atoms with van der Waals surface area (Å²) in [6.07, 6.45) is 57.1. The van der Waals surface area contributed by atoms with Crippen molar-refractivity contribution in [3.8, 4) is 0 Å². The molecule has 2 atom stereocenters. The highest BCUT2D eigenvalue weighted by atomic mass is 16.5. The zero-order chi connectivity index (χ0) is 42.3. The molecule has 6 heteroatoms. The molecule has 0 saturated carbocycles. The van der Waals surface area contributed by atoms with Gasteiger partial charge in [-0.15, -0.1) is 0 Å². The van der Waals surface area contributed by atoms with Gasteiger partial charge < -0.3 is 20.3 Å². The topological polar surface area (TPSA) is 95.9 Å². The molecule has 0 aliphatic rings. The molecule has 0 bridgehead atoms. The number of aliphatic hydroxyl groups is 2. The highest BCUT2D eigenvalue weighted by molar-refractivity contribution is 5.76. The number of rotatable bonds is 46. The number of amides is 1. The summed E-state index contributed by atoms with van der Waals surface area (Å²) >= 11 is 0. The van der Waals surface area contributed by atoms with E-state index in [1.165, 1.54) is 154 Å². The lowest BCUT2D eigenvalue weighted by atomic mass is 10.0. The molecular weight excluding hydrogens is 719 g/mol. The fraction of sp³-hybridized carbons (Fsp3) is 0.846. The van der Waals surface area contributed by atoms with Crippen LogP contribution in [0.2, 0.25) is 0 Å². The van der Waals surface area contributed by atoms with Gasteiger partial charge in [0.25, 0.3) is 0 Å². The van der Waals surface area contributed by atoms with Crippen LogP contribution in [0.4, 0.5) is 0 Å². The SMILES string of the molecule is CCCCCCC/C=C\CCCCCCCC(=O)OCCCC/C=C\CCCCCCC(=O)NC(CO)C(O)/C=C/CCCCCCCCCCCCCCCCC. The zero-order valence-electron chi connectivity index (χ0n) is 38.5. The Morgan fingerprint density at radius 3 is 1.22 bits per heavy atom. The molecule has 58 heavy (non-hydrogen) atoms. The molecular formula is C52H97NO5. The summed E-state index contributed by atoms with van der Waals surface area (Å²) in [7, 11) is 0. The predicted molar refractivity (Wildman–Crippen MR) is 250 cm³/mol. The first-order valence-corrected chi connectivity index (χ1v) is 25.3. The summed E-state index contributed by atoms with van der Waals surface area (Å²) in [5.74, 6) is -0.152. The average molecular weight is 816 g/mol. The molecule has 2 unspecified atom stereocenters. The summed E-state index contributed by atoms with van der Waals surface area (Å²) in [4.78, 5) is 24.4. The van der Waals surface area contributed by atoms with Crippen molar-refractivity contribution < 1.29 is 24.5 Å². The summed E-state index contributed by atoms with van der Waals surface area (Å²) in [5.41, 5.74) is 0. The van der Waals surface area contributed by atoms with Gasteiger partial charge in [0.15, 0.2) is 0 Å². The third-order valence-corrected chi connectivity index (χ3v) is 11.4. The molecule has 6 nitrogen and oxygen atoms in total. The number of allylic oxidation sites excluding steroid dienone is 5. The van der Waals surface area contributed by atoms with Gasteiger partial charge in [0.1, 0.15) is 0 Å². The third kappa shape index (κ3) is 43.7. The van der Waals surface area contributed by atoms with E-state index in [0.29, 0.717) is 19.4 Å². The van der Waals surface area contributed by atoms with E-state index in [1.807, 2.05) is 6.08 Å². The quantitative estimate of drug-likeness (QED) is 0.0323. The molecule has 0 saturated heterocycles. The van der Waals surface area contributed by atoms with Crippen molar-refractivity contribution in [3.63, 3.8) is 0 Å². The van der Waals surface area contributed by atoms with E-state index in [1.54, 1.807) is 6.08 Å². The molecule has 0 radical (unpaired) electrons. The summed E-state index contributed by atoms with van der Waals surface area (Å²) < 4.78 is 5.42. The molecule has 0 aromatic carbocycles. The van der Waals surface area contributed by atoms with E-state index < -0.39 is 12.1 Å². The van der Waals surface area contributed by atoms with E-state index in [-0.39, 0.29) is 18.5 Å². The van der Waals surface area contributed by atoms with Crippen LogP contribution in [-0.2, 0) is 14.3 Å². The van der Waals surface area contributed by atoms with Gasteiger partial charge in [-0.25, -0.2) is 0 Å². The Bertz CT molecular complexity index is 946. The van der Waals surface area contributed by atoms with Gasteiger partial charge in [-0.1, -0.05) is 198 Å². The molecule has 0 rings (SSSR count). The van der Waals surface area contributed by atoms with Gasteiger partial charge in [0.05, 0.1) is 25.4 Å². The summed E-state index contributed by atoms with van der Waals surface area (Å²) in [6, 6.07) is -0.654. The van der Waals surface area contributed by atoms with Gasteiger partial charge in [-0.3, -0.25) is 9.59 Å². The van der Waals surface area contributed by atoms with E-state index in [4.69, 9.17) is 4.74 Å². The maximum atomic E-state index is 12.4. The molecule has 0 aliphatic heterocycles. The predicted octanol–water partition coefficient (Wildman–Crippen LogP) is 14.9. The first-order valence-electron chi connectivity index (χ1n) is 25.3. The van der Waals surface area contributed by atoms with Crippen LogP contribution in [0, 0.1) is 0 Å². The van der Waals surface area contributed by atoms with Crippen molar-refractivity contribution in [2.24, 2.45) is 0 Å². The van der Waals surface area contributed by atoms with Gasteiger partial charge in [-0.2, -0.15) is 0 Å². The van der Waals surface area contributed by atoms with Crippen molar-refractivity contribution in [1.82, 2.24) is 5.32 Å².